The number of hydrogen-bond donors (Lipinski definition) is 1. The van der Waals surface area contributed by atoms with Gasteiger partial charge in [0, 0.05) is 18.3 Å². The van der Waals surface area contributed by atoms with Gasteiger partial charge < -0.3 is 15.0 Å². The summed E-state index contributed by atoms with van der Waals surface area (Å²) >= 11 is 0. The molecule has 0 atom stereocenters. The summed E-state index contributed by atoms with van der Waals surface area (Å²) in [5.41, 5.74) is 1.92. The molecule has 3 rings (SSSR count). The highest BCUT2D eigenvalue weighted by Gasteiger charge is 2.16. The molecule has 0 aliphatic rings. The molecule has 3 aromatic rings. The van der Waals surface area contributed by atoms with Crippen LogP contribution in [0.25, 0.3) is 0 Å². The van der Waals surface area contributed by atoms with Crippen molar-refractivity contribution in [3.63, 3.8) is 0 Å². The number of anilines is 1. The smallest absolute Gasteiger partial charge is 0.254 e. The molecule has 3 aromatic carbocycles. The number of carbonyl (C=O) groups excluding carboxylic acids is 2. The number of halogens is 1. The van der Waals surface area contributed by atoms with Gasteiger partial charge >= 0.3 is 0 Å². The highest BCUT2D eigenvalue weighted by atomic mass is 19.1. The Morgan fingerprint density at radius 2 is 1.69 bits per heavy atom. The summed E-state index contributed by atoms with van der Waals surface area (Å²) in [6, 6.07) is 22.0. The maximum atomic E-state index is 12.9. The molecule has 0 saturated carbocycles. The lowest BCUT2D eigenvalue weighted by Gasteiger charge is -2.17. The fourth-order valence-electron chi connectivity index (χ4n) is 2.70. The van der Waals surface area contributed by atoms with E-state index in [1.165, 1.54) is 29.2 Å². The highest BCUT2D eigenvalue weighted by molar-refractivity contribution is 5.99. The molecule has 0 aliphatic carbocycles. The molecule has 5 nitrogen and oxygen atoms in total. The van der Waals surface area contributed by atoms with Gasteiger partial charge in [0.1, 0.15) is 18.2 Å². The van der Waals surface area contributed by atoms with Gasteiger partial charge in [0.25, 0.3) is 5.91 Å². The number of carbonyl (C=O) groups is 2. The number of nitrogens with one attached hydrogen (secondary N) is 1. The van der Waals surface area contributed by atoms with E-state index < -0.39 is 0 Å². The van der Waals surface area contributed by atoms with E-state index in [-0.39, 0.29) is 24.2 Å². The Kier molecular flexibility index (Phi) is 6.58. The van der Waals surface area contributed by atoms with E-state index in [1.807, 2.05) is 30.3 Å². The molecule has 0 aromatic heterocycles. The van der Waals surface area contributed by atoms with E-state index in [0.29, 0.717) is 23.6 Å². The first kappa shape index (κ1) is 20.1. The normalized spacial score (nSPS) is 10.3. The van der Waals surface area contributed by atoms with Crippen LogP contribution in [-0.4, -0.2) is 30.3 Å². The largest absolute Gasteiger partial charge is 0.489 e. The van der Waals surface area contributed by atoms with Crippen LogP contribution >= 0.6 is 0 Å². The van der Waals surface area contributed by atoms with Crippen LogP contribution in [0.4, 0.5) is 10.1 Å². The monoisotopic (exact) mass is 392 g/mol. The Bertz CT molecular complexity index is 975. The lowest BCUT2D eigenvalue weighted by molar-refractivity contribution is -0.116. The molecule has 0 radical (unpaired) electrons. The summed E-state index contributed by atoms with van der Waals surface area (Å²) in [5, 5.41) is 2.63. The van der Waals surface area contributed by atoms with Crippen LogP contribution in [0.5, 0.6) is 5.75 Å². The van der Waals surface area contributed by atoms with Gasteiger partial charge in [-0.1, -0.05) is 36.4 Å². The van der Waals surface area contributed by atoms with Crippen molar-refractivity contribution in [3.8, 4) is 5.75 Å². The second kappa shape index (κ2) is 9.50. The molecule has 29 heavy (non-hydrogen) atoms. The van der Waals surface area contributed by atoms with Crippen molar-refractivity contribution in [1.82, 2.24) is 4.90 Å². The molecular weight excluding hydrogens is 371 g/mol. The first-order chi connectivity index (χ1) is 14.0. The van der Waals surface area contributed by atoms with Crippen LogP contribution in [0.3, 0.4) is 0 Å². The lowest BCUT2D eigenvalue weighted by atomic mass is 10.2. The predicted molar refractivity (Wildman–Crippen MR) is 109 cm³/mol. The first-order valence-corrected chi connectivity index (χ1v) is 9.09. The number of rotatable bonds is 7. The molecular formula is C23H21FN2O3. The topological polar surface area (TPSA) is 58.6 Å². The third-order valence-corrected chi connectivity index (χ3v) is 4.18. The number of hydrogen-bond acceptors (Lipinski definition) is 3. The van der Waals surface area contributed by atoms with Crippen LogP contribution < -0.4 is 10.1 Å². The van der Waals surface area contributed by atoms with E-state index in [4.69, 9.17) is 4.74 Å². The second-order valence-corrected chi connectivity index (χ2v) is 6.52. The third-order valence-electron chi connectivity index (χ3n) is 4.18. The predicted octanol–water partition coefficient (Wildman–Crippen LogP) is 4.12. The summed E-state index contributed by atoms with van der Waals surface area (Å²) < 4.78 is 18.7. The minimum atomic E-state index is -0.385. The molecule has 0 fully saturated rings. The summed E-state index contributed by atoms with van der Waals surface area (Å²) in [4.78, 5) is 26.1. The van der Waals surface area contributed by atoms with E-state index in [9.17, 15) is 14.0 Å². The van der Waals surface area contributed by atoms with Crippen molar-refractivity contribution in [2.24, 2.45) is 0 Å². The van der Waals surface area contributed by atoms with Crippen molar-refractivity contribution in [3.05, 3.63) is 95.8 Å². The Balaban J connectivity index is 1.57. The molecule has 0 bridgehead atoms. The van der Waals surface area contributed by atoms with Gasteiger partial charge in [0.2, 0.25) is 5.91 Å². The number of benzene rings is 3. The Hall–Kier alpha value is -3.67. The minimum Gasteiger partial charge on any atom is -0.489 e. The summed E-state index contributed by atoms with van der Waals surface area (Å²) in [5.74, 6) is -0.484. The Morgan fingerprint density at radius 1 is 0.966 bits per heavy atom. The van der Waals surface area contributed by atoms with Crippen molar-refractivity contribution in [1.29, 1.82) is 0 Å². The molecule has 0 saturated heterocycles. The van der Waals surface area contributed by atoms with Crippen LogP contribution in [0.15, 0.2) is 78.9 Å². The molecule has 6 heteroatoms. The maximum absolute atomic E-state index is 12.9. The SMILES string of the molecule is CN(CC(=O)Nc1ccc(F)cc1)C(=O)c1cccc(OCc2ccccc2)c1. The van der Waals surface area contributed by atoms with Gasteiger partial charge in [0.05, 0.1) is 6.54 Å². The lowest BCUT2D eigenvalue weighted by Crippen LogP contribution is -2.34. The summed E-state index contributed by atoms with van der Waals surface area (Å²) in [7, 11) is 1.55. The molecule has 1 N–H and O–H groups in total. The van der Waals surface area contributed by atoms with Gasteiger partial charge in [-0.25, -0.2) is 4.39 Å². The number of amides is 2. The average molecular weight is 392 g/mol. The fourth-order valence-corrected chi connectivity index (χ4v) is 2.70. The molecule has 2 amide bonds. The first-order valence-electron chi connectivity index (χ1n) is 9.09. The highest BCUT2D eigenvalue weighted by Crippen LogP contribution is 2.16. The summed E-state index contributed by atoms with van der Waals surface area (Å²) in [6.07, 6.45) is 0. The molecule has 0 spiro atoms. The van der Waals surface area contributed by atoms with Crippen molar-refractivity contribution in [2.45, 2.75) is 6.61 Å². The number of likely N-dealkylation sites (N-methyl/N-ethyl adjacent to an activating group) is 1. The third kappa shape index (κ3) is 5.90. The minimum absolute atomic E-state index is 0.134. The van der Waals surface area contributed by atoms with Crippen molar-refractivity contribution < 1.29 is 18.7 Å². The van der Waals surface area contributed by atoms with Crippen LogP contribution in [0.1, 0.15) is 15.9 Å². The number of ether oxygens (including phenoxy) is 1. The van der Waals surface area contributed by atoms with Gasteiger partial charge in [-0.15, -0.1) is 0 Å². The van der Waals surface area contributed by atoms with Crippen molar-refractivity contribution >= 4 is 17.5 Å². The van der Waals surface area contributed by atoms with Gasteiger partial charge in [-0.2, -0.15) is 0 Å². The summed E-state index contributed by atoms with van der Waals surface area (Å²) in [6.45, 7) is 0.264. The standard InChI is InChI=1S/C23H21FN2O3/c1-26(15-22(27)25-20-12-10-19(24)11-13-20)23(28)18-8-5-9-21(14-18)29-16-17-6-3-2-4-7-17/h2-14H,15-16H2,1H3,(H,25,27). The average Bonchev–Trinajstić information content (AvgIpc) is 2.74. The van der Waals surface area contributed by atoms with E-state index in [1.54, 1.807) is 31.3 Å². The van der Waals surface area contributed by atoms with Gasteiger partial charge in [-0.05, 0) is 48.0 Å². The molecule has 0 heterocycles. The zero-order valence-corrected chi connectivity index (χ0v) is 16.0. The van der Waals surface area contributed by atoms with Crippen LogP contribution in [0.2, 0.25) is 0 Å². The zero-order chi connectivity index (χ0) is 20.6. The fraction of sp³-hybridized carbons (Fsp3) is 0.130. The second-order valence-electron chi connectivity index (χ2n) is 6.52. The van der Waals surface area contributed by atoms with Crippen molar-refractivity contribution in [2.75, 3.05) is 18.9 Å². The van der Waals surface area contributed by atoms with Crippen LogP contribution in [0, 0.1) is 5.82 Å². The van der Waals surface area contributed by atoms with E-state index in [0.717, 1.165) is 5.56 Å². The molecule has 148 valence electrons. The quantitative estimate of drug-likeness (QED) is 0.658. The van der Waals surface area contributed by atoms with Crippen LogP contribution in [-0.2, 0) is 11.4 Å². The van der Waals surface area contributed by atoms with Gasteiger partial charge in [0.15, 0.2) is 0 Å². The zero-order valence-electron chi connectivity index (χ0n) is 16.0. The Morgan fingerprint density at radius 3 is 2.41 bits per heavy atom. The van der Waals surface area contributed by atoms with E-state index in [2.05, 4.69) is 5.32 Å². The molecule has 0 unspecified atom stereocenters. The molecule has 0 aliphatic heterocycles. The van der Waals surface area contributed by atoms with Gasteiger partial charge in [-0.3, -0.25) is 9.59 Å². The maximum Gasteiger partial charge on any atom is 0.254 e. The Labute approximate surface area is 168 Å². The van der Waals surface area contributed by atoms with E-state index >= 15 is 0 Å². The number of nitrogens with zero attached hydrogens (tertiary/aromatic N) is 1.